The Hall–Kier alpha value is -1.47. The Balaban J connectivity index is 2.30. The van der Waals surface area contributed by atoms with Gasteiger partial charge in [0, 0.05) is 6.61 Å². The summed E-state index contributed by atoms with van der Waals surface area (Å²) < 4.78 is 6.38. The second kappa shape index (κ2) is 3.35. The molecule has 7 nitrogen and oxygen atoms in total. The third kappa shape index (κ3) is 1.36. The number of aromatic nitrogens is 3. The summed E-state index contributed by atoms with van der Waals surface area (Å²) in [5.41, 5.74) is -0.451. The molecule has 0 bridgehead atoms. The van der Waals surface area contributed by atoms with Crippen molar-refractivity contribution in [1.29, 1.82) is 0 Å². The number of anilines is 1. The normalized spacial score (nSPS) is 24.4. The van der Waals surface area contributed by atoms with E-state index in [1.54, 1.807) is 0 Å². The van der Waals surface area contributed by atoms with E-state index in [-0.39, 0.29) is 5.95 Å². The average Bonchev–Trinajstić information content (AvgIpc) is 2.44. The van der Waals surface area contributed by atoms with Crippen molar-refractivity contribution in [3.8, 4) is 0 Å². The van der Waals surface area contributed by atoms with Gasteiger partial charge in [0.15, 0.2) is 12.5 Å². The summed E-state index contributed by atoms with van der Waals surface area (Å²) >= 11 is 0. The Morgan fingerprint density at radius 1 is 1.79 bits per heavy atom. The fourth-order valence-electron chi connectivity index (χ4n) is 1.28. The van der Waals surface area contributed by atoms with Crippen LogP contribution in [0.4, 0.5) is 5.95 Å². The van der Waals surface area contributed by atoms with Crippen LogP contribution >= 0.6 is 0 Å². The van der Waals surface area contributed by atoms with Crippen molar-refractivity contribution in [2.45, 2.75) is 19.4 Å². The van der Waals surface area contributed by atoms with Crippen LogP contribution in [0, 0.1) is 0 Å². The summed E-state index contributed by atoms with van der Waals surface area (Å²) in [7, 11) is 0. The standard InChI is InChI=1S/C7H10N4O3/c1-2-14-5-6(13)11-7(10-5)9-4(12)3-8-11/h3,5-6,13H,2H2,1H3,(H,9,10,12)/t5-,6-/m1/s1. The molecule has 0 aliphatic carbocycles. The van der Waals surface area contributed by atoms with Crippen molar-refractivity contribution in [2.24, 2.45) is 0 Å². The lowest BCUT2D eigenvalue weighted by atomic mass is 10.5. The van der Waals surface area contributed by atoms with E-state index in [0.29, 0.717) is 6.61 Å². The van der Waals surface area contributed by atoms with Gasteiger partial charge in [-0.3, -0.25) is 4.79 Å². The highest BCUT2D eigenvalue weighted by Gasteiger charge is 2.31. The number of aliphatic hydroxyl groups is 1. The Bertz CT molecular complexity index is 391. The zero-order chi connectivity index (χ0) is 10.1. The van der Waals surface area contributed by atoms with Crippen LogP contribution < -0.4 is 10.9 Å². The van der Waals surface area contributed by atoms with Gasteiger partial charge in [0.25, 0.3) is 5.56 Å². The summed E-state index contributed by atoms with van der Waals surface area (Å²) in [5, 5.41) is 16.1. The smallest absolute Gasteiger partial charge is 0.293 e. The summed E-state index contributed by atoms with van der Waals surface area (Å²) in [5.74, 6) is 0.225. The molecule has 1 aromatic heterocycles. The number of rotatable bonds is 2. The van der Waals surface area contributed by atoms with Gasteiger partial charge in [0.2, 0.25) is 5.95 Å². The number of fused-ring (bicyclic) bond motifs is 1. The number of nitrogens with one attached hydrogen (secondary N) is 1. The first-order valence-corrected chi connectivity index (χ1v) is 4.24. The summed E-state index contributed by atoms with van der Waals surface area (Å²) in [6, 6.07) is 0. The highest BCUT2D eigenvalue weighted by molar-refractivity contribution is 5.29. The molecule has 0 spiro atoms. The maximum Gasteiger partial charge on any atom is 0.293 e. The molecule has 2 rings (SSSR count). The van der Waals surface area contributed by atoms with Crippen LogP contribution in [0.15, 0.2) is 11.0 Å². The number of hydrogen-bond donors (Lipinski definition) is 2. The van der Waals surface area contributed by atoms with Crippen molar-refractivity contribution in [3.63, 3.8) is 0 Å². The van der Waals surface area contributed by atoms with Crippen LogP contribution in [0.1, 0.15) is 13.2 Å². The molecular weight excluding hydrogens is 188 g/mol. The Kier molecular flexibility index (Phi) is 2.18. The molecule has 2 atom stereocenters. The van der Waals surface area contributed by atoms with Gasteiger partial charge in [0.05, 0.1) is 0 Å². The van der Waals surface area contributed by atoms with Gasteiger partial charge >= 0.3 is 0 Å². The molecule has 0 saturated heterocycles. The van der Waals surface area contributed by atoms with Crippen molar-refractivity contribution < 1.29 is 9.84 Å². The van der Waals surface area contributed by atoms with E-state index in [1.807, 2.05) is 6.92 Å². The van der Waals surface area contributed by atoms with E-state index >= 15 is 0 Å². The maximum atomic E-state index is 10.9. The fourth-order valence-corrected chi connectivity index (χ4v) is 1.28. The molecular formula is C7H10N4O3. The molecule has 2 heterocycles. The average molecular weight is 198 g/mol. The fraction of sp³-hybridized carbons (Fsp3) is 0.571. The predicted molar refractivity (Wildman–Crippen MR) is 46.6 cm³/mol. The molecule has 2 N–H and O–H groups in total. The quantitative estimate of drug-likeness (QED) is 0.628. The highest BCUT2D eigenvalue weighted by Crippen LogP contribution is 2.22. The molecule has 0 unspecified atom stereocenters. The summed E-state index contributed by atoms with van der Waals surface area (Å²) in [6.07, 6.45) is -0.497. The molecule has 7 heteroatoms. The number of ether oxygens (including phenoxy) is 1. The minimum Gasteiger partial charge on any atom is -0.368 e. The van der Waals surface area contributed by atoms with Crippen LogP contribution in [0.5, 0.6) is 0 Å². The van der Waals surface area contributed by atoms with Crippen molar-refractivity contribution in [1.82, 2.24) is 14.8 Å². The molecule has 0 radical (unpaired) electrons. The van der Waals surface area contributed by atoms with E-state index in [4.69, 9.17) is 4.74 Å². The third-order valence-corrected chi connectivity index (χ3v) is 1.86. The molecule has 0 fully saturated rings. The van der Waals surface area contributed by atoms with E-state index < -0.39 is 18.0 Å². The number of nitrogens with zero attached hydrogens (tertiary/aromatic N) is 3. The molecule has 0 aromatic carbocycles. The third-order valence-electron chi connectivity index (χ3n) is 1.86. The van der Waals surface area contributed by atoms with Gasteiger partial charge in [-0.1, -0.05) is 0 Å². The lowest BCUT2D eigenvalue weighted by Crippen LogP contribution is -2.26. The van der Waals surface area contributed by atoms with E-state index in [0.717, 1.165) is 6.20 Å². The van der Waals surface area contributed by atoms with Gasteiger partial charge in [0.1, 0.15) is 6.20 Å². The predicted octanol–water partition coefficient (Wildman–Crippen LogP) is -1.08. The van der Waals surface area contributed by atoms with E-state index in [2.05, 4.69) is 15.4 Å². The monoisotopic (exact) mass is 198 g/mol. The summed E-state index contributed by atoms with van der Waals surface area (Å²) in [4.78, 5) is 14.5. The van der Waals surface area contributed by atoms with Crippen molar-refractivity contribution in [3.05, 3.63) is 16.6 Å². The van der Waals surface area contributed by atoms with Crippen LogP contribution in [-0.2, 0) is 4.74 Å². The molecule has 0 amide bonds. The molecule has 76 valence electrons. The van der Waals surface area contributed by atoms with Crippen LogP contribution in [0.3, 0.4) is 0 Å². The lowest BCUT2D eigenvalue weighted by Gasteiger charge is -2.13. The molecule has 1 aliphatic heterocycles. The van der Waals surface area contributed by atoms with Gasteiger partial charge in [-0.25, -0.2) is 0 Å². The second-order valence-electron chi connectivity index (χ2n) is 2.80. The SMILES string of the molecule is CCO[C@H]1Nc2nc(=O)cnn2[C@@H]1O. The summed E-state index contributed by atoms with van der Waals surface area (Å²) in [6.45, 7) is 2.26. The van der Waals surface area contributed by atoms with Crippen molar-refractivity contribution >= 4 is 5.95 Å². The minimum absolute atomic E-state index is 0.225. The van der Waals surface area contributed by atoms with E-state index in [1.165, 1.54) is 4.68 Å². The molecule has 0 saturated carbocycles. The Labute approximate surface area is 79.3 Å². The molecule has 1 aliphatic rings. The number of aliphatic hydroxyl groups excluding tert-OH is 1. The van der Waals surface area contributed by atoms with Crippen molar-refractivity contribution in [2.75, 3.05) is 11.9 Å². The zero-order valence-electron chi connectivity index (χ0n) is 7.54. The molecule has 1 aromatic rings. The Morgan fingerprint density at radius 2 is 2.57 bits per heavy atom. The maximum absolute atomic E-state index is 10.9. The first-order chi connectivity index (χ1) is 6.72. The first kappa shape index (κ1) is 9.10. The topological polar surface area (TPSA) is 89.3 Å². The largest absolute Gasteiger partial charge is 0.368 e. The highest BCUT2D eigenvalue weighted by atomic mass is 16.5. The van der Waals surface area contributed by atoms with Gasteiger partial charge in [-0.2, -0.15) is 14.8 Å². The Morgan fingerprint density at radius 3 is 3.29 bits per heavy atom. The first-order valence-electron chi connectivity index (χ1n) is 4.24. The lowest BCUT2D eigenvalue weighted by molar-refractivity contribution is -0.0449. The zero-order valence-corrected chi connectivity index (χ0v) is 7.54. The van der Waals surface area contributed by atoms with Crippen LogP contribution in [0.25, 0.3) is 0 Å². The molecule has 14 heavy (non-hydrogen) atoms. The minimum atomic E-state index is -0.946. The van der Waals surface area contributed by atoms with E-state index in [9.17, 15) is 9.90 Å². The van der Waals surface area contributed by atoms with Crippen LogP contribution in [0.2, 0.25) is 0 Å². The van der Waals surface area contributed by atoms with Gasteiger partial charge in [-0.05, 0) is 6.92 Å². The number of hydrogen-bond acceptors (Lipinski definition) is 6. The van der Waals surface area contributed by atoms with Gasteiger partial charge in [-0.15, -0.1) is 0 Å². The van der Waals surface area contributed by atoms with Gasteiger partial charge < -0.3 is 15.2 Å². The second-order valence-corrected chi connectivity index (χ2v) is 2.80. The van der Waals surface area contributed by atoms with Crippen LogP contribution in [-0.4, -0.2) is 32.7 Å².